The summed E-state index contributed by atoms with van der Waals surface area (Å²) in [4.78, 5) is 0. The predicted molar refractivity (Wildman–Crippen MR) is 39.1 cm³/mol. The highest BCUT2D eigenvalue weighted by molar-refractivity contribution is 6.35. The molecule has 0 unspecified atom stereocenters. The van der Waals surface area contributed by atoms with E-state index in [0.717, 1.165) is 0 Å². The molecule has 0 rings (SSSR count). The summed E-state index contributed by atoms with van der Waals surface area (Å²) in [6.45, 7) is 6.81. The van der Waals surface area contributed by atoms with Crippen LogP contribution in [0.2, 0.25) is 0 Å². The molecule has 0 aromatic carbocycles. The molecule has 44 valence electrons. The Balaban J connectivity index is 3.94. The summed E-state index contributed by atoms with van der Waals surface area (Å²) in [5, 5.41) is 0.917. The second-order valence-corrected chi connectivity index (χ2v) is 2.10. The van der Waals surface area contributed by atoms with Crippen LogP contribution in [0.3, 0.4) is 0 Å². The maximum Gasteiger partial charge on any atom is 0.0414 e. The van der Waals surface area contributed by atoms with Crippen LogP contribution in [-0.2, 0) is 0 Å². The molecule has 0 amide bonds. The maximum absolute atomic E-state index is 5.46. The molecule has 0 N–H and O–H groups in total. The van der Waals surface area contributed by atoms with E-state index in [9.17, 15) is 0 Å². The average molecular weight is 149 g/mol. The first kappa shape index (κ1) is 7.80. The van der Waals surface area contributed by atoms with Crippen molar-refractivity contribution >= 4 is 23.2 Å². The van der Waals surface area contributed by atoms with E-state index in [1.807, 2.05) is 0 Å². The Bertz CT molecular complexity index is 133. The molecule has 0 aliphatic carbocycles. The maximum atomic E-state index is 5.46. The number of allylic oxidation sites excluding steroid dienone is 4. The summed E-state index contributed by atoms with van der Waals surface area (Å²) in [5.41, 5.74) is 0. The van der Waals surface area contributed by atoms with Crippen LogP contribution in [0, 0.1) is 0 Å². The minimum absolute atomic E-state index is 0.412. The van der Waals surface area contributed by atoms with Gasteiger partial charge in [-0.1, -0.05) is 42.4 Å². The van der Waals surface area contributed by atoms with Gasteiger partial charge in [-0.05, 0) is 6.08 Å². The molecule has 0 bridgehead atoms. The number of hydrogen-bond donors (Lipinski definition) is 0. The van der Waals surface area contributed by atoms with Gasteiger partial charge in [-0.15, -0.1) is 0 Å². The van der Waals surface area contributed by atoms with Gasteiger partial charge < -0.3 is 0 Å². The van der Waals surface area contributed by atoms with Crippen LogP contribution in [0.15, 0.2) is 35.4 Å². The quantitative estimate of drug-likeness (QED) is 0.529. The lowest BCUT2D eigenvalue weighted by molar-refractivity contribution is 1.86. The van der Waals surface area contributed by atoms with Crippen molar-refractivity contribution in [3.63, 3.8) is 0 Å². The topological polar surface area (TPSA) is 0 Å². The smallest absolute Gasteiger partial charge is 0.0414 e. The largest absolute Gasteiger partial charge is 0.0976 e. The van der Waals surface area contributed by atoms with Crippen LogP contribution in [0.1, 0.15) is 0 Å². The summed E-state index contributed by atoms with van der Waals surface area (Å²) in [6, 6.07) is 0. The van der Waals surface area contributed by atoms with Gasteiger partial charge in [0.25, 0.3) is 0 Å². The molecule has 0 spiro atoms. The molecule has 0 nitrogen and oxygen atoms in total. The van der Waals surface area contributed by atoms with E-state index in [2.05, 4.69) is 13.2 Å². The highest BCUT2D eigenvalue weighted by Gasteiger charge is 1.81. The third-order valence-electron chi connectivity index (χ3n) is 0.490. The van der Waals surface area contributed by atoms with Crippen molar-refractivity contribution in [3.05, 3.63) is 35.4 Å². The molecule has 0 aromatic rings. The first-order valence-corrected chi connectivity index (χ1v) is 2.76. The highest BCUT2D eigenvalue weighted by Crippen LogP contribution is 2.08. The monoisotopic (exact) mass is 148 g/mol. The van der Waals surface area contributed by atoms with Crippen LogP contribution >= 0.6 is 23.2 Å². The molecule has 0 aliphatic rings. The third kappa shape index (κ3) is 3.97. The van der Waals surface area contributed by atoms with E-state index in [4.69, 9.17) is 23.2 Å². The van der Waals surface area contributed by atoms with Gasteiger partial charge in [-0.3, -0.25) is 0 Å². The van der Waals surface area contributed by atoms with Crippen molar-refractivity contribution < 1.29 is 0 Å². The van der Waals surface area contributed by atoms with Crippen LogP contribution < -0.4 is 0 Å². The molecule has 2 heteroatoms. The molecule has 0 fully saturated rings. The fraction of sp³-hybridized carbons (Fsp3) is 0. The fourth-order valence-electron chi connectivity index (χ4n) is 0.209. The third-order valence-corrected chi connectivity index (χ3v) is 0.862. The first-order valence-electron chi connectivity index (χ1n) is 2.01. The molecule has 0 heterocycles. The highest BCUT2D eigenvalue weighted by atomic mass is 35.5. The molecule has 0 saturated heterocycles. The molecular weight excluding hydrogens is 143 g/mol. The van der Waals surface area contributed by atoms with Gasteiger partial charge in [0.05, 0.1) is 0 Å². The van der Waals surface area contributed by atoms with E-state index in [-0.39, 0.29) is 0 Å². The Labute approximate surface area is 59.1 Å². The van der Waals surface area contributed by atoms with Crippen molar-refractivity contribution in [2.45, 2.75) is 0 Å². The van der Waals surface area contributed by atoms with Crippen molar-refractivity contribution in [2.75, 3.05) is 0 Å². The normalized spacial score (nSPS) is 11.0. The van der Waals surface area contributed by atoms with Gasteiger partial charge in [0.15, 0.2) is 0 Å². The summed E-state index contributed by atoms with van der Waals surface area (Å²) in [5.74, 6) is 0. The predicted octanol–water partition coefficient (Wildman–Crippen LogP) is 3.05. The van der Waals surface area contributed by atoms with Crippen LogP contribution in [0.5, 0.6) is 0 Å². The fourth-order valence-corrected chi connectivity index (χ4v) is 0.514. The Hall–Kier alpha value is -0.200. The standard InChI is InChI=1S/C6H6Cl2/c1-3-6(8)4-5(2)7/h3-4H,1-2H2/b6-4+. The molecule has 0 atom stereocenters. The number of rotatable bonds is 2. The van der Waals surface area contributed by atoms with Crippen molar-refractivity contribution in [2.24, 2.45) is 0 Å². The van der Waals surface area contributed by atoms with E-state index in [1.54, 1.807) is 0 Å². The van der Waals surface area contributed by atoms with E-state index < -0.39 is 0 Å². The first-order chi connectivity index (χ1) is 3.66. The minimum atomic E-state index is 0.412. The summed E-state index contributed by atoms with van der Waals surface area (Å²) in [7, 11) is 0. The minimum Gasteiger partial charge on any atom is -0.0976 e. The van der Waals surface area contributed by atoms with Gasteiger partial charge in [-0.2, -0.15) is 0 Å². The van der Waals surface area contributed by atoms with Crippen molar-refractivity contribution in [3.8, 4) is 0 Å². The number of halogens is 2. The van der Waals surface area contributed by atoms with Gasteiger partial charge in [0, 0.05) is 10.1 Å². The van der Waals surface area contributed by atoms with Gasteiger partial charge in [0.1, 0.15) is 0 Å². The molecule has 0 aromatic heterocycles. The van der Waals surface area contributed by atoms with Gasteiger partial charge in [0.2, 0.25) is 0 Å². The zero-order valence-corrected chi connectivity index (χ0v) is 5.84. The van der Waals surface area contributed by atoms with Gasteiger partial charge >= 0.3 is 0 Å². The van der Waals surface area contributed by atoms with Crippen molar-refractivity contribution in [1.82, 2.24) is 0 Å². The Morgan fingerprint density at radius 3 is 2.00 bits per heavy atom. The van der Waals surface area contributed by atoms with Crippen LogP contribution in [0.4, 0.5) is 0 Å². The summed E-state index contributed by atoms with van der Waals surface area (Å²) < 4.78 is 0. The SMILES string of the molecule is C=C/C(Cl)=C\C(=C)Cl. The van der Waals surface area contributed by atoms with Gasteiger partial charge in [-0.25, -0.2) is 0 Å². The lowest BCUT2D eigenvalue weighted by Gasteiger charge is -1.83. The van der Waals surface area contributed by atoms with Crippen LogP contribution in [-0.4, -0.2) is 0 Å². The molecule has 0 saturated carbocycles. The second-order valence-electron chi connectivity index (χ2n) is 1.18. The lowest BCUT2D eigenvalue weighted by atomic mass is 10.5. The van der Waals surface area contributed by atoms with E-state index >= 15 is 0 Å². The Morgan fingerprint density at radius 2 is 1.88 bits per heavy atom. The van der Waals surface area contributed by atoms with Crippen LogP contribution in [0.25, 0.3) is 0 Å². The Morgan fingerprint density at radius 1 is 1.38 bits per heavy atom. The van der Waals surface area contributed by atoms with E-state index in [1.165, 1.54) is 12.2 Å². The molecule has 8 heavy (non-hydrogen) atoms. The molecular formula is C6H6Cl2. The second kappa shape index (κ2) is 3.76. The van der Waals surface area contributed by atoms with E-state index in [0.29, 0.717) is 10.1 Å². The summed E-state index contributed by atoms with van der Waals surface area (Å²) in [6.07, 6.45) is 3.02. The zero-order chi connectivity index (χ0) is 6.57. The van der Waals surface area contributed by atoms with Crippen molar-refractivity contribution in [1.29, 1.82) is 0 Å². The number of hydrogen-bond acceptors (Lipinski definition) is 0. The zero-order valence-electron chi connectivity index (χ0n) is 4.32. The average Bonchev–Trinajstić information content (AvgIpc) is 1.65. The Kier molecular flexibility index (Phi) is 3.67. The lowest BCUT2D eigenvalue weighted by Crippen LogP contribution is -1.60. The molecule has 0 aliphatic heterocycles. The molecule has 0 radical (unpaired) electrons. The summed E-state index contributed by atoms with van der Waals surface area (Å²) >= 11 is 10.8.